The Kier molecular flexibility index (Phi) is 6.36. The van der Waals surface area contributed by atoms with Crippen molar-refractivity contribution in [1.82, 2.24) is 24.4 Å². The Balaban J connectivity index is 1.28. The minimum atomic E-state index is -0.207. The van der Waals surface area contributed by atoms with Crippen LogP contribution in [-0.4, -0.2) is 37.1 Å². The predicted molar refractivity (Wildman–Crippen MR) is 160 cm³/mol. The van der Waals surface area contributed by atoms with Crippen LogP contribution in [0.1, 0.15) is 31.4 Å². The number of rotatable bonds is 7. The number of hydrogen-bond acceptors (Lipinski definition) is 7. The number of hydrogen-bond donors (Lipinski definition) is 0. The Morgan fingerprint density at radius 2 is 1.85 bits per heavy atom. The second-order valence-electron chi connectivity index (χ2n) is 10.1. The maximum Gasteiger partial charge on any atom is 0.291 e. The average Bonchev–Trinajstić information content (AvgIpc) is 3.76. The molecule has 0 fully saturated rings. The molecule has 1 atom stereocenters. The van der Waals surface area contributed by atoms with Gasteiger partial charge in [-0.2, -0.15) is 14.6 Å². The number of thiazole rings is 1. The molecule has 0 saturated carbocycles. The normalized spacial score (nSPS) is 14.9. The summed E-state index contributed by atoms with van der Waals surface area (Å²) in [6, 6.07) is 23.7. The summed E-state index contributed by atoms with van der Waals surface area (Å²) in [6.07, 6.45) is 5.80. The Labute approximate surface area is 240 Å². The standard InChI is InChI=1S/C32H27N5O3S/c1-3-15-39-26-12-9-21(10-13-26)30-33-32-37(35-30)31(38)28(41-32)18-24-19-36(25-7-5-4-6-8-25)34-29(24)22-11-14-27-23(17-22)16-20(2)40-27/h4-14,17-20H,3,15-16H2,1-2H3/b28-18-. The molecule has 0 saturated heterocycles. The Morgan fingerprint density at radius 1 is 1.05 bits per heavy atom. The van der Waals surface area contributed by atoms with Crippen molar-refractivity contribution in [2.75, 3.05) is 6.61 Å². The summed E-state index contributed by atoms with van der Waals surface area (Å²) in [5.74, 6) is 2.23. The fourth-order valence-electron chi connectivity index (χ4n) is 5.02. The Bertz CT molecular complexity index is 1980. The third-order valence-electron chi connectivity index (χ3n) is 6.99. The molecule has 41 heavy (non-hydrogen) atoms. The minimum absolute atomic E-state index is 0.156. The van der Waals surface area contributed by atoms with Gasteiger partial charge in [-0.05, 0) is 79.6 Å². The molecule has 0 amide bonds. The molecule has 4 heterocycles. The average molecular weight is 562 g/mol. The van der Waals surface area contributed by atoms with Crippen LogP contribution in [0.3, 0.4) is 0 Å². The molecular weight excluding hydrogens is 534 g/mol. The summed E-state index contributed by atoms with van der Waals surface area (Å²) in [4.78, 5) is 18.6. The van der Waals surface area contributed by atoms with Gasteiger partial charge in [0.2, 0.25) is 4.96 Å². The lowest BCUT2D eigenvalue weighted by Gasteiger charge is -2.04. The quantitative estimate of drug-likeness (QED) is 0.262. The molecule has 1 aliphatic rings. The summed E-state index contributed by atoms with van der Waals surface area (Å²) in [6.45, 7) is 4.81. The fourth-order valence-corrected chi connectivity index (χ4v) is 5.92. The molecule has 0 bridgehead atoms. The summed E-state index contributed by atoms with van der Waals surface area (Å²) in [5.41, 5.74) is 5.33. The highest BCUT2D eigenvalue weighted by atomic mass is 32.1. The van der Waals surface area contributed by atoms with Crippen molar-refractivity contribution in [1.29, 1.82) is 0 Å². The van der Waals surface area contributed by atoms with E-state index in [0.29, 0.717) is 21.9 Å². The first-order valence-electron chi connectivity index (χ1n) is 13.7. The lowest BCUT2D eigenvalue weighted by molar-refractivity contribution is 0.254. The van der Waals surface area contributed by atoms with Crippen LogP contribution >= 0.6 is 11.3 Å². The van der Waals surface area contributed by atoms with Crippen LogP contribution in [0.5, 0.6) is 11.5 Å². The van der Waals surface area contributed by atoms with Gasteiger partial charge in [-0.3, -0.25) is 4.79 Å². The molecule has 9 heteroatoms. The zero-order chi connectivity index (χ0) is 27.9. The van der Waals surface area contributed by atoms with E-state index in [1.54, 1.807) is 0 Å². The van der Waals surface area contributed by atoms with E-state index in [1.165, 1.54) is 15.9 Å². The van der Waals surface area contributed by atoms with Crippen molar-refractivity contribution in [3.8, 4) is 39.8 Å². The first-order valence-corrected chi connectivity index (χ1v) is 14.5. The van der Waals surface area contributed by atoms with Crippen LogP contribution in [0.15, 0.2) is 83.8 Å². The number of para-hydroxylation sites is 1. The van der Waals surface area contributed by atoms with Crippen LogP contribution in [0.25, 0.3) is 39.4 Å². The van der Waals surface area contributed by atoms with Crippen molar-refractivity contribution in [2.45, 2.75) is 32.8 Å². The van der Waals surface area contributed by atoms with Crippen molar-refractivity contribution in [3.63, 3.8) is 0 Å². The zero-order valence-electron chi connectivity index (χ0n) is 22.7. The van der Waals surface area contributed by atoms with Crippen molar-refractivity contribution >= 4 is 22.4 Å². The van der Waals surface area contributed by atoms with Crippen LogP contribution in [0.4, 0.5) is 0 Å². The van der Waals surface area contributed by atoms with Crippen molar-refractivity contribution < 1.29 is 9.47 Å². The topological polar surface area (TPSA) is 83.5 Å². The van der Waals surface area contributed by atoms with E-state index in [2.05, 4.69) is 30.0 Å². The largest absolute Gasteiger partial charge is 0.494 e. The summed E-state index contributed by atoms with van der Waals surface area (Å²) >= 11 is 1.32. The summed E-state index contributed by atoms with van der Waals surface area (Å²) < 4.78 is 15.3. The van der Waals surface area contributed by atoms with Crippen molar-refractivity contribution in [2.24, 2.45) is 0 Å². The summed E-state index contributed by atoms with van der Waals surface area (Å²) in [5, 5.41) is 9.47. The van der Waals surface area contributed by atoms with Gasteiger partial charge < -0.3 is 9.47 Å². The number of aromatic nitrogens is 5. The second kappa shape index (κ2) is 10.3. The molecule has 6 aromatic rings. The molecular formula is C32H27N5O3S. The molecule has 0 aliphatic carbocycles. The molecule has 1 unspecified atom stereocenters. The van der Waals surface area contributed by atoms with Crippen molar-refractivity contribution in [3.05, 3.63) is 105 Å². The zero-order valence-corrected chi connectivity index (χ0v) is 23.5. The van der Waals surface area contributed by atoms with Gasteiger partial charge in [-0.1, -0.05) is 36.5 Å². The van der Waals surface area contributed by atoms with Crippen LogP contribution < -0.4 is 19.6 Å². The number of benzene rings is 3. The number of fused-ring (bicyclic) bond motifs is 2. The molecule has 204 valence electrons. The van der Waals surface area contributed by atoms with Gasteiger partial charge in [0.05, 0.1) is 16.8 Å². The third-order valence-corrected chi connectivity index (χ3v) is 7.95. The van der Waals surface area contributed by atoms with Gasteiger partial charge in [-0.15, -0.1) is 5.10 Å². The monoisotopic (exact) mass is 561 g/mol. The summed E-state index contributed by atoms with van der Waals surface area (Å²) in [7, 11) is 0. The highest BCUT2D eigenvalue weighted by molar-refractivity contribution is 7.15. The minimum Gasteiger partial charge on any atom is -0.494 e. The SMILES string of the molecule is CCCOc1ccc(-c2nc3s/c(=C\c4cn(-c5ccccc5)nc4-c4ccc5c(c4)CC(C)O5)c(=O)n3n2)cc1. The first-order chi connectivity index (χ1) is 20.1. The van der Waals surface area contributed by atoms with E-state index >= 15 is 0 Å². The molecule has 7 rings (SSSR count). The van der Waals surface area contributed by atoms with Crippen LogP contribution in [0, 0.1) is 0 Å². The van der Waals surface area contributed by atoms with Crippen LogP contribution in [-0.2, 0) is 6.42 Å². The van der Waals surface area contributed by atoms with E-state index in [9.17, 15) is 4.79 Å². The maximum atomic E-state index is 13.4. The molecule has 0 radical (unpaired) electrons. The highest BCUT2D eigenvalue weighted by Crippen LogP contribution is 2.34. The maximum absolute atomic E-state index is 13.4. The molecule has 0 spiro atoms. The van der Waals surface area contributed by atoms with Gasteiger partial charge in [0, 0.05) is 29.3 Å². The van der Waals surface area contributed by atoms with Gasteiger partial charge >= 0.3 is 0 Å². The number of ether oxygens (including phenoxy) is 2. The van der Waals surface area contributed by atoms with Gasteiger partial charge in [0.25, 0.3) is 5.56 Å². The first kappa shape index (κ1) is 25.2. The van der Waals surface area contributed by atoms with E-state index < -0.39 is 0 Å². The molecule has 1 aliphatic heterocycles. The van der Waals surface area contributed by atoms with Gasteiger partial charge in [-0.25, -0.2) is 4.68 Å². The lowest BCUT2D eigenvalue weighted by atomic mass is 10.0. The molecule has 3 aromatic heterocycles. The smallest absolute Gasteiger partial charge is 0.291 e. The van der Waals surface area contributed by atoms with E-state index in [-0.39, 0.29) is 11.7 Å². The van der Waals surface area contributed by atoms with Crippen LogP contribution in [0.2, 0.25) is 0 Å². The fraction of sp³-hybridized carbons (Fsp3) is 0.188. The Morgan fingerprint density at radius 3 is 2.63 bits per heavy atom. The van der Waals surface area contributed by atoms with Gasteiger partial charge in [0.15, 0.2) is 5.82 Å². The molecule has 8 nitrogen and oxygen atoms in total. The predicted octanol–water partition coefficient (Wildman–Crippen LogP) is 5.33. The second-order valence-corrected chi connectivity index (χ2v) is 11.1. The third kappa shape index (κ3) is 4.78. The van der Waals surface area contributed by atoms with Gasteiger partial charge in [0.1, 0.15) is 23.3 Å². The van der Waals surface area contributed by atoms with E-state index in [0.717, 1.165) is 58.0 Å². The van der Waals surface area contributed by atoms with E-state index in [4.69, 9.17) is 14.6 Å². The lowest BCUT2D eigenvalue weighted by Crippen LogP contribution is -2.23. The Hall–Kier alpha value is -4.76. The number of nitrogens with zero attached hydrogens (tertiary/aromatic N) is 5. The highest BCUT2D eigenvalue weighted by Gasteiger charge is 2.21. The molecule has 3 aromatic carbocycles. The van der Waals surface area contributed by atoms with E-state index in [1.807, 2.05) is 83.7 Å². The molecule has 0 N–H and O–H groups in total.